The molecule has 0 unspecified atom stereocenters. The van der Waals surface area contributed by atoms with E-state index in [1.807, 2.05) is 6.92 Å². The van der Waals surface area contributed by atoms with Gasteiger partial charge in [0.25, 0.3) is 0 Å². The zero-order chi connectivity index (χ0) is 7.11. The van der Waals surface area contributed by atoms with Crippen LogP contribution in [0.3, 0.4) is 0 Å². The van der Waals surface area contributed by atoms with Gasteiger partial charge in [-0.1, -0.05) is 6.92 Å². The van der Waals surface area contributed by atoms with Gasteiger partial charge < -0.3 is 15.2 Å². The fourth-order valence-corrected chi connectivity index (χ4v) is 0.387. The summed E-state index contributed by atoms with van der Waals surface area (Å²) in [7, 11) is 0. The van der Waals surface area contributed by atoms with Crippen LogP contribution >= 0.6 is 12.4 Å². The molecule has 0 saturated heterocycles. The quantitative estimate of drug-likeness (QED) is 0.481. The summed E-state index contributed by atoms with van der Waals surface area (Å²) in [4.78, 5) is 9.71. The zero-order valence-corrected chi connectivity index (χ0v) is 6.61. The summed E-state index contributed by atoms with van der Waals surface area (Å²) in [6, 6.07) is 0. The Morgan fingerprint density at radius 3 is 2.70 bits per heavy atom. The van der Waals surface area contributed by atoms with E-state index in [1.54, 1.807) is 0 Å². The number of ether oxygens (including phenoxy) is 1. The molecule has 10 heavy (non-hydrogen) atoms. The normalized spacial score (nSPS) is 8.10. The lowest BCUT2D eigenvalue weighted by Crippen LogP contribution is -2.20. The summed E-state index contributed by atoms with van der Waals surface area (Å²) in [6.07, 6.45) is -1.21. The lowest BCUT2D eigenvalue weighted by Gasteiger charge is -1.99. The smallest absolute Gasteiger partial charge is 0.450 e. The van der Waals surface area contributed by atoms with Crippen LogP contribution in [0.15, 0.2) is 0 Å². The number of halogens is 1. The molecular formula is C5H12ClNO3. The van der Waals surface area contributed by atoms with Crippen LogP contribution in [0.2, 0.25) is 0 Å². The predicted octanol–water partition coefficient (Wildman–Crippen LogP) is 0.712. The molecule has 0 aromatic heterocycles. The van der Waals surface area contributed by atoms with Crippen molar-refractivity contribution in [3.63, 3.8) is 0 Å². The van der Waals surface area contributed by atoms with E-state index < -0.39 is 6.16 Å². The van der Waals surface area contributed by atoms with Gasteiger partial charge in [0, 0.05) is 6.54 Å². The maximum absolute atomic E-state index is 9.71. The van der Waals surface area contributed by atoms with Crippen molar-refractivity contribution in [2.45, 2.75) is 6.92 Å². The third-order valence-corrected chi connectivity index (χ3v) is 0.754. The first kappa shape index (κ1) is 12.2. The maximum atomic E-state index is 9.71. The molecule has 0 aromatic carbocycles. The van der Waals surface area contributed by atoms with E-state index in [4.69, 9.17) is 5.11 Å². The number of hydrogen-bond donors (Lipinski definition) is 2. The highest BCUT2D eigenvalue weighted by Crippen LogP contribution is 1.72. The second-order valence-electron chi connectivity index (χ2n) is 1.47. The van der Waals surface area contributed by atoms with Crippen molar-refractivity contribution in [2.24, 2.45) is 0 Å². The Kier molecular flexibility index (Phi) is 10.4. The Balaban J connectivity index is 0. The lowest BCUT2D eigenvalue weighted by atomic mass is 10.6. The fourth-order valence-electron chi connectivity index (χ4n) is 0.387. The van der Waals surface area contributed by atoms with E-state index in [9.17, 15) is 4.79 Å². The van der Waals surface area contributed by atoms with Gasteiger partial charge in [-0.25, -0.2) is 4.79 Å². The standard InChI is InChI=1S/C5H11NO3.ClH/c1-2-6-3-4-9-5(7)8;/h6H,2-4H2,1H3,(H,7,8);1H. The summed E-state index contributed by atoms with van der Waals surface area (Å²) in [5.74, 6) is 0. The Morgan fingerprint density at radius 1 is 1.70 bits per heavy atom. The highest BCUT2D eigenvalue weighted by molar-refractivity contribution is 5.85. The van der Waals surface area contributed by atoms with Crippen LogP contribution in [0.5, 0.6) is 0 Å². The molecule has 0 aliphatic heterocycles. The third-order valence-electron chi connectivity index (χ3n) is 0.754. The first-order valence-corrected chi connectivity index (χ1v) is 2.83. The third kappa shape index (κ3) is 10.5. The van der Waals surface area contributed by atoms with E-state index in [1.165, 1.54) is 0 Å². The van der Waals surface area contributed by atoms with E-state index in [-0.39, 0.29) is 19.0 Å². The minimum atomic E-state index is -1.21. The number of carboxylic acid groups (broad SMARTS) is 1. The van der Waals surface area contributed by atoms with E-state index in [2.05, 4.69) is 10.1 Å². The van der Waals surface area contributed by atoms with Crippen molar-refractivity contribution < 1.29 is 14.6 Å². The van der Waals surface area contributed by atoms with Gasteiger partial charge in [0.05, 0.1) is 0 Å². The van der Waals surface area contributed by atoms with Gasteiger partial charge in [-0.3, -0.25) is 0 Å². The number of nitrogens with one attached hydrogen (secondary N) is 1. The van der Waals surface area contributed by atoms with Crippen LogP contribution in [0.4, 0.5) is 4.79 Å². The second kappa shape index (κ2) is 8.52. The topological polar surface area (TPSA) is 58.6 Å². The average Bonchev–Trinajstić information content (AvgIpc) is 1.80. The van der Waals surface area contributed by atoms with Crippen molar-refractivity contribution in [1.82, 2.24) is 5.32 Å². The Hall–Kier alpha value is -0.480. The summed E-state index contributed by atoms with van der Waals surface area (Å²) >= 11 is 0. The van der Waals surface area contributed by atoms with Gasteiger partial charge in [-0.15, -0.1) is 12.4 Å². The number of likely N-dealkylation sites (N-methyl/N-ethyl adjacent to an activating group) is 1. The Labute approximate surface area is 66.0 Å². The van der Waals surface area contributed by atoms with Crippen LogP contribution in [0.1, 0.15) is 6.92 Å². The molecule has 0 rings (SSSR count). The van der Waals surface area contributed by atoms with Gasteiger partial charge in [-0.2, -0.15) is 0 Å². The molecule has 0 fully saturated rings. The predicted molar refractivity (Wildman–Crippen MR) is 39.8 cm³/mol. The first-order valence-electron chi connectivity index (χ1n) is 2.83. The van der Waals surface area contributed by atoms with Crippen LogP contribution < -0.4 is 5.32 Å². The van der Waals surface area contributed by atoms with Gasteiger partial charge >= 0.3 is 6.16 Å². The van der Waals surface area contributed by atoms with Crippen LogP contribution in [0.25, 0.3) is 0 Å². The van der Waals surface area contributed by atoms with E-state index in [0.717, 1.165) is 6.54 Å². The largest absolute Gasteiger partial charge is 0.505 e. The summed E-state index contributed by atoms with van der Waals surface area (Å²) in [6.45, 7) is 3.59. The molecule has 0 bridgehead atoms. The van der Waals surface area contributed by atoms with Gasteiger partial charge in [0.15, 0.2) is 0 Å². The van der Waals surface area contributed by atoms with Gasteiger partial charge in [0.2, 0.25) is 0 Å². The van der Waals surface area contributed by atoms with E-state index >= 15 is 0 Å². The molecular weight excluding hydrogens is 158 g/mol. The molecule has 0 aromatic rings. The molecule has 0 heterocycles. The first-order chi connectivity index (χ1) is 4.27. The van der Waals surface area contributed by atoms with Crippen LogP contribution in [0, 0.1) is 0 Å². The number of carbonyl (C=O) groups is 1. The molecule has 0 amide bonds. The molecule has 0 aliphatic carbocycles. The molecule has 2 N–H and O–H groups in total. The second-order valence-corrected chi connectivity index (χ2v) is 1.47. The van der Waals surface area contributed by atoms with Crippen molar-refractivity contribution >= 4 is 18.6 Å². The molecule has 0 radical (unpaired) electrons. The van der Waals surface area contributed by atoms with Crippen molar-refractivity contribution in [1.29, 1.82) is 0 Å². The minimum Gasteiger partial charge on any atom is -0.450 e. The summed E-state index contributed by atoms with van der Waals surface area (Å²) in [5.41, 5.74) is 0. The molecule has 0 atom stereocenters. The molecule has 0 spiro atoms. The van der Waals surface area contributed by atoms with Crippen LogP contribution in [-0.4, -0.2) is 31.0 Å². The zero-order valence-electron chi connectivity index (χ0n) is 5.79. The highest BCUT2D eigenvalue weighted by atomic mass is 35.5. The maximum Gasteiger partial charge on any atom is 0.505 e. The fraction of sp³-hybridized carbons (Fsp3) is 0.800. The Morgan fingerprint density at radius 2 is 2.30 bits per heavy atom. The van der Waals surface area contributed by atoms with Crippen molar-refractivity contribution in [2.75, 3.05) is 19.7 Å². The molecule has 4 nitrogen and oxygen atoms in total. The number of rotatable bonds is 4. The van der Waals surface area contributed by atoms with Crippen LogP contribution in [-0.2, 0) is 4.74 Å². The van der Waals surface area contributed by atoms with Crippen molar-refractivity contribution in [3.05, 3.63) is 0 Å². The van der Waals surface area contributed by atoms with Gasteiger partial charge in [-0.05, 0) is 6.54 Å². The molecule has 5 heteroatoms. The highest BCUT2D eigenvalue weighted by Gasteiger charge is 1.92. The molecule has 0 aliphatic rings. The van der Waals surface area contributed by atoms with Gasteiger partial charge in [0.1, 0.15) is 6.61 Å². The molecule has 62 valence electrons. The minimum absolute atomic E-state index is 0. The monoisotopic (exact) mass is 169 g/mol. The van der Waals surface area contributed by atoms with E-state index in [0.29, 0.717) is 6.54 Å². The lowest BCUT2D eigenvalue weighted by molar-refractivity contribution is 0.0925. The van der Waals surface area contributed by atoms with Crippen molar-refractivity contribution in [3.8, 4) is 0 Å². The molecule has 0 saturated carbocycles. The summed E-state index contributed by atoms with van der Waals surface area (Å²) in [5, 5.41) is 10.9. The Bertz CT molecular complexity index is 89.0. The summed E-state index contributed by atoms with van der Waals surface area (Å²) < 4.78 is 4.20. The number of hydrogen-bond acceptors (Lipinski definition) is 3. The average molecular weight is 170 g/mol. The SMILES string of the molecule is CCNCCOC(=O)O.Cl.